The number of phenolic OH excluding ortho intramolecular Hbond substituents is 2. The molecule has 4 rings (SSSR count). The molecule has 11 heteroatoms. The molecular weight excluding hydrogens is 520 g/mol. The maximum absolute atomic E-state index is 13.8. The number of Topliss-reactive ketones (excluding diaryl/α,β-unsaturated/α-hetero) is 2. The maximum Gasteiger partial charge on any atom is 0.337 e. The number of ether oxygens (including phenoxy) is 2. The summed E-state index contributed by atoms with van der Waals surface area (Å²) >= 11 is 0. The standard InChI is InChI=1S/C29H28N2O9/c1-13-24(35)22(15(3)32)26-23(25(13)36)29(4)19(40-26)12-18(33)21(27(29)37)14(2)30-11-10-20(34)31-17-8-6-16(7-9-17)28(38)39-5/h6-9,12,30,35-36H,10-11H2,1-5H3,(H,31,34)/b21-14+/t29-/m1/s1. The number of amides is 1. The maximum atomic E-state index is 13.8. The van der Waals surface area contributed by atoms with Crippen LogP contribution in [-0.2, 0) is 24.5 Å². The van der Waals surface area contributed by atoms with Gasteiger partial charge in [0.05, 0.1) is 23.8 Å². The highest BCUT2D eigenvalue weighted by Crippen LogP contribution is 2.57. The molecule has 0 bridgehead atoms. The summed E-state index contributed by atoms with van der Waals surface area (Å²) in [6, 6.07) is 6.15. The summed E-state index contributed by atoms with van der Waals surface area (Å²) in [5, 5.41) is 27.0. The van der Waals surface area contributed by atoms with Crippen LogP contribution in [0.1, 0.15) is 59.0 Å². The lowest BCUT2D eigenvalue weighted by Gasteiger charge is -2.29. The topological polar surface area (TPSA) is 168 Å². The normalized spacial score (nSPS) is 18.7. The molecule has 0 fully saturated rings. The highest BCUT2D eigenvalue weighted by molar-refractivity contribution is 6.31. The van der Waals surface area contributed by atoms with E-state index in [2.05, 4.69) is 15.4 Å². The number of methoxy groups -OCH3 is 1. The first-order valence-electron chi connectivity index (χ1n) is 12.3. The van der Waals surface area contributed by atoms with E-state index in [0.29, 0.717) is 11.3 Å². The van der Waals surface area contributed by atoms with Gasteiger partial charge < -0.3 is 30.3 Å². The number of esters is 1. The van der Waals surface area contributed by atoms with Gasteiger partial charge in [-0.2, -0.15) is 0 Å². The number of anilines is 1. The molecule has 208 valence electrons. The summed E-state index contributed by atoms with van der Waals surface area (Å²) in [5.41, 5.74) is -0.957. The summed E-state index contributed by atoms with van der Waals surface area (Å²) in [5.74, 6) is -3.78. The second kappa shape index (κ2) is 10.3. The molecule has 40 heavy (non-hydrogen) atoms. The number of carbonyl (C=O) groups is 5. The van der Waals surface area contributed by atoms with Crippen LogP contribution in [0.15, 0.2) is 47.4 Å². The summed E-state index contributed by atoms with van der Waals surface area (Å²) in [7, 11) is 1.27. The lowest BCUT2D eigenvalue weighted by atomic mass is 9.70. The van der Waals surface area contributed by atoms with Gasteiger partial charge >= 0.3 is 5.97 Å². The van der Waals surface area contributed by atoms with E-state index in [4.69, 9.17) is 4.74 Å². The summed E-state index contributed by atoms with van der Waals surface area (Å²) < 4.78 is 10.4. The molecule has 11 nitrogen and oxygen atoms in total. The first-order chi connectivity index (χ1) is 18.8. The molecule has 0 saturated carbocycles. The molecule has 4 N–H and O–H groups in total. The Hall–Kier alpha value is -4.93. The number of phenols is 2. The number of carbonyl (C=O) groups excluding carboxylic acids is 5. The van der Waals surface area contributed by atoms with Crippen LogP contribution in [0.4, 0.5) is 5.69 Å². The Morgan fingerprint density at radius 1 is 1.05 bits per heavy atom. The Kier molecular flexibility index (Phi) is 7.25. The molecule has 0 saturated heterocycles. The van der Waals surface area contributed by atoms with E-state index < -0.39 is 40.2 Å². The van der Waals surface area contributed by atoms with Crippen molar-refractivity contribution in [3.63, 3.8) is 0 Å². The molecule has 0 unspecified atom stereocenters. The summed E-state index contributed by atoms with van der Waals surface area (Å²) in [6.45, 7) is 5.72. The fraction of sp³-hybridized carbons (Fsp3) is 0.276. The van der Waals surface area contributed by atoms with Crippen molar-refractivity contribution in [3.05, 3.63) is 69.6 Å². The Morgan fingerprint density at radius 2 is 1.70 bits per heavy atom. The van der Waals surface area contributed by atoms with E-state index in [-0.39, 0.29) is 58.3 Å². The number of fused-ring (bicyclic) bond motifs is 3. The Labute approximate surface area is 229 Å². The summed E-state index contributed by atoms with van der Waals surface area (Å²) in [4.78, 5) is 63.0. The van der Waals surface area contributed by atoms with Gasteiger partial charge in [-0.15, -0.1) is 0 Å². The highest BCUT2D eigenvalue weighted by Gasteiger charge is 2.56. The second-order valence-electron chi connectivity index (χ2n) is 9.68. The van der Waals surface area contributed by atoms with Crippen molar-refractivity contribution in [2.24, 2.45) is 0 Å². The van der Waals surface area contributed by atoms with Gasteiger partial charge in [0.1, 0.15) is 34.0 Å². The third kappa shape index (κ3) is 4.49. The van der Waals surface area contributed by atoms with Gasteiger partial charge in [-0.1, -0.05) is 0 Å². The van der Waals surface area contributed by atoms with Crippen LogP contribution in [0, 0.1) is 6.92 Å². The third-order valence-electron chi connectivity index (χ3n) is 7.09. The van der Waals surface area contributed by atoms with Crippen molar-refractivity contribution in [1.82, 2.24) is 5.32 Å². The first kappa shape index (κ1) is 28.1. The van der Waals surface area contributed by atoms with Crippen LogP contribution in [0.2, 0.25) is 0 Å². The molecule has 1 aliphatic heterocycles. The second-order valence-corrected chi connectivity index (χ2v) is 9.68. The van der Waals surface area contributed by atoms with Crippen molar-refractivity contribution in [3.8, 4) is 17.2 Å². The molecule has 2 aromatic carbocycles. The molecule has 1 atom stereocenters. The van der Waals surface area contributed by atoms with Gasteiger partial charge in [0.15, 0.2) is 17.3 Å². The fourth-order valence-electron chi connectivity index (χ4n) is 4.85. The zero-order chi connectivity index (χ0) is 29.5. The number of hydrogen-bond acceptors (Lipinski definition) is 10. The first-order valence-corrected chi connectivity index (χ1v) is 12.3. The highest BCUT2D eigenvalue weighted by atomic mass is 16.5. The minimum atomic E-state index is -1.62. The van der Waals surface area contributed by atoms with Crippen molar-refractivity contribution in [1.29, 1.82) is 0 Å². The lowest BCUT2D eigenvalue weighted by Crippen LogP contribution is -2.41. The van der Waals surface area contributed by atoms with Gasteiger partial charge in [-0.3, -0.25) is 19.2 Å². The molecule has 0 spiro atoms. The molecule has 0 aromatic heterocycles. The molecule has 2 aromatic rings. The number of ketones is 3. The average molecular weight is 549 g/mol. The summed E-state index contributed by atoms with van der Waals surface area (Å²) in [6.07, 6.45) is 1.12. The Balaban J connectivity index is 1.54. The van der Waals surface area contributed by atoms with E-state index in [1.54, 1.807) is 12.1 Å². The van der Waals surface area contributed by atoms with Gasteiger partial charge in [-0.25, -0.2) is 4.79 Å². The third-order valence-corrected chi connectivity index (χ3v) is 7.09. The van der Waals surface area contributed by atoms with Crippen molar-refractivity contribution in [2.75, 3.05) is 19.0 Å². The van der Waals surface area contributed by atoms with Gasteiger partial charge in [0.2, 0.25) is 5.91 Å². The number of hydrogen-bond donors (Lipinski definition) is 4. The van der Waals surface area contributed by atoms with Gasteiger partial charge in [0, 0.05) is 36.0 Å². The van der Waals surface area contributed by atoms with Crippen LogP contribution in [0.5, 0.6) is 17.2 Å². The van der Waals surface area contributed by atoms with E-state index in [0.717, 1.165) is 6.08 Å². The van der Waals surface area contributed by atoms with Crippen molar-refractivity contribution >= 4 is 34.9 Å². The van der Waals surface area contributed by atoms with E-state index in [1.807, 2.05) is 0 Å². The molecule has 1 heterocycles. The quantitative estimate of drug-likeness (QED) is 0.175. The van der Waals surface area contributed by atoms with Crippen molar-refractivity contribution < 1.29 is 43.7 Å². The SMILES string of the molecule is COC(=O)c1ccc(NC(=O)CCN/C(C)=C2\C(=O)C=C3Oc4c(C(C)=O)c(O)c(C)c(O)c4[C@]3(C)C2=O)cc1. The largest absolute Gasteiger partial charge is 0.507 e. The number of aromatic hydroxyl groups is 2. The van der Waals surface area contributed by atoms with Crippen LogP contribution in [-0.4, -0.2) is 53.1 Å². The van der Waals surface area contributed by atoms with Crippen LogP contribution < -0.4 is 15.4 Å². The molecule has 1 amide bonds. The molecule has 2 aliphatic rings. The van der Waals surface area contributed by atoms with Crippen LogP contribution in [0.25, 0.3) is 0 Å². The minimum Gasteiger partial charge on any atom is -0.507 e. The van der Waals surface area contributed by atoms with Crippen LogP contribution in [0.3, 0.4) is 0 Å². The van der Waals surface area contributed by atoms with Gasteiger partial charge in [-0.05, 0) is 52.0 Å². The van der Waals surface area contributed by atoms with Crippen molar-refractivity contribution in [2.45, 2.75) is 39.5 Å². The Bertz CT molecular complexity index is 1550. The van der Waals surface area contributed by atoms with Crippen LogP contribution >= 0.6 is 0 Å². The van der Waals surface area contributed by atoms with E-state index in [1.165, 1.54) is 46.9 Å². The van der Waals surface area contributed by atoms with E-state index in [9.17, 15) is 34.2 Å². The molecular formula is C29H28N2O9. The predicted octanol–water partition coefficient (Wildman–Crippen LogP) is 2.97. The number of benzene rings is 2. The minimum absolute atomic E-state index is 0.000328. The number of allylic oxidation sites excluding steroid dienone is 4. The zero-order valence-electron chi connectivity index (χ0n) is 22.6. The number of nitrogens with one attached hydrogen (secondary N) is 2. The van der Waals surface area contributed by atoms with Gasteiger partial charge in [0.25, 0.3) is 0 Å². The smallest absolute Gasteiger partial charge is 0.337 e. The Morgan fingerprint density at radius 3 is 2.30 bits per heavy atom. The molecule has 0 radical (unpaired) electrons. The lowest BCUT2D eigenvalue weighted by molar-refractivity contribution is -0.123. The molecule has 1 aliphatic carbocycles. The number of rotatable bonds is 7. The zero-order valence-corrected chi connectivity index (χ0v) is 22.6. The fourth-order valence-corrected chi connectivity index (χ4v) is 4.85. The average Bonchev–Trinajstić information content (AvgIpc) is 3.20. The predicted molar refractivity (Wildman–Crippen MR) is 142 cm³/mol. The van der Waals surface area contributed by atoms with E-state index >= 15 is 0 Å². The monoisotopic (exact) mass is 548 g/mol.